The summed E-state index contributed by atoms with van der Waals surface area (Å²) in [5, 5.41) is 18.1. The van der Waals surface area contributed by atoms with E-state index in [1.807, 2.05) is 24.3 Å². The van der Waals surface area contributed by atoms with Crippen molar-refractivity contribution in [2.75, 3.05) is 26.0 Å². The smallest absolute Gasteiger partial charge is 0.410 e. The molecule has 1 aromatic carbocycles. The summed E-state index contributed by atoms with van der Waals surface area (Å²) in [5.41, 5.74) is 4.35. The van der Waals surface area contributed by atoms with Gasteiger partial charge in [0, 0.05) is 42.4 Å². The molecule has 0 aliphatic carbocycles. The SMILES string of the molecule is C[C@@](CCN1Cc2cc(C#Cc3ccc(CN4CC(CO)OC4=O)cc3)cn2C1=O)(C(=O)NO)S(C)(=O)=O. The number of rotatable bonds is 8. The fourth-order valence-electron chi connectivity index (χ4n) is 4.26. The molecule has 13 heteroatoms. The fourth-order valence-corrected chi connectivity index (χ4v) is 5.10. The Labute approximate surface area is 219 Å². The van der Waals surface area contributed by atoms with Gasteiger partial charge in [-0.1, -0.05) is 24.0 Å². The molecule has 3 heterocycles. The van der Waals surface area contributed by atoms with Crippen LogP contribution in [0.1, 0.15) is 35.7 Å². The number of benzene rings is 1. The van der Waals surface area contributed by atoms with E-state index in [9.17, 15) is 22.8 Å². The summed E-state index contributed by atoms with van der Waals surface area (Å²) in [7, 11) is -3.86. The molecule has 202 valence electrons. The lowest BCUT2D eigenvalue weighted by Gasteiger charge is -2.27. The van der Waals surface area contributed by atoms with Crippen molar-refractivity contribution >= 4 is 27.9 Å². The van der Waals surface area contributed by atoms with Crippen LogP contribution in [-0.4, -0.2) is 87.9 Å². The minimum absolute atomic E-state index is 0.000665. The highest BCUT2D eigenvalue weighted by molar-refractivity contribution is 7.92. The number of aliphatic hydroxyl groups excluding tert-OH is 1. The number of hydroxylamine groups is 1. The number of nitrogens with one attached hydrogen (secondary N) is 1. The van der Waals surface area contributed by atoms with Crippen LogP contribution < -0.4 is 5.48 Å². The fraction of sp³-hybridized carbons (Fsp3) is 0.400. The molecule has 0 saturated carbocycles. The minimum atomic E-state index is -3.86. The Morgan fingerprint density at radius 2 is 1.87 bits per heavy atom. The maximum absolute atomic E-state index is 12.8. The highest BCUT2D eigenvalue weighted by Gasteiger charge is 2.44. The number of aliphatic hydroxyl groups is 1. The van der Waals surface area contributed by atoms with Crippen molar-refractivity contribution < 1.29 is 37.9 Å². The molecule has 0 radical (unpaired) electrons. The van der Waals surface area contributed by atoms with Crippen LogP contribution in [0.3, 0.4) is 0 Å². The lowest BCUT2D eigenvalue weighted by molar-refractivity contribution is -0.131. The normalized spacial score (nSPS) is 18.5. The summed E-state index contributed by atoms with van der Waals surface area (Å²) >= 11 is 0. The number of amides is 3. The zero-order valence-electron chi connectivity index (χ0n) is 20.9. The van der Waals surface area contributed by atoms with Crippen molar-refractivity contribution in [3.63, 3.8) is 0 Å². The number of cyclic esters (lactones) is 1. The van der Waals surface area contributed by atoms with Crippen molar-refractivity contribution in [1.82, 2.24) is 19.8 Å². The van der Waals surface area contributed by atoms with Gasteiger partial charge in [0.1, 0.15) is 6.10 Å². The molecule has 2 aliphatic heterocycles. The zero-order chi connectivity index (χ0) is 27.7. The summed E-state index contributed by atoms with van der Waals surface area (Å²) in [5.74, 6) is 5.01. The van der Waals surface area contributed by atoms with Crippen LogP contribution >= 0.6 is 0 Å². The summed E-state index contributed by atoms with van der Waals surface area (Å²) in [6.07, 6.45) is 1.37. The van der Waals surface area contributed by atoms with E-state index in [1.165, 1.54) is 26.8 Å². The zero-order valence-corrected chi connectivity index (χ0v) is 21.7. The Kier molecular flexibility index (Phi) is 7.50. The maximum Gasteiger partial charge on any atom is 0.410 e. The van der Waals surface area contributed by atoms with Crippen molar-refractivity contribution in [3.8, 4) is 11.8 Å². The second kappa shape index (κ2) is 10.5. The average molecular weight is 545 g/mol. The second-order valence-corrected chi connectivity index (χ2v) is 11.9. The minimum Gasteiger partial charge on any atom is -0.442 e. The summed E-state index contributed by atoms with van der Waals surface area (Å²) in [6, 6.07) is 8.77. The molecule has 2 aromatic rings. The molecular formula is C25H28N4O8S. The van der Waals surface area contributed by atoms with Crippen LogP contribution in [0.15, 0.2) is 36.5 Å². The molecule has 2 atom stereocenters. The van der Waals surface area contributed by atoms with Crippen molar-refractivity contribution in [3.05, 3.63) is 58.9 Å². The van der Waals surface area contributed by atoms with E-state index in [0.717, 1.165) is 17.4 Å². The van der Waals surface area contributed by atoms with Gasteiger partial charge >= 0.3 is 12.1 Å². The molecular weight excluding hydrogens is 516 g/mol. The largest absolute Gasteiger partial charge is 0.442 e. The van der Waals surface area contributed by atoms with E-state index in [1.54, 1.807) is 12.3 Å². The van der Waals surface area contributed by atoms with Gasteiger partial charge in [0.05, 0.1) is 19.7 Å². The molecule has 1 fully saturated rings. The van der Waals surface area contributed by atoms with E-state index >= 15 is 0 Å². The lowest BCUT2D eigenvalue weighted by atomic mass is 10.1. The molecule has 12 nitrogen and oxygen atoms in total. The van der Waals surface area contributed by atoms with Crippen LogP contribution in [0.2, 0.25) is 0 Å². The third-order valence-electron chi connectivity index (χ3n) is 6.82. The van der Waals surface area contributed by atoms with Crippen molar-refractivity contribution in [2.24, 2.45) is 0 Å². The van der Waals surface area contributed by atoms with Gasteiger partial charge in [-0.25, -0.2) is 23.5 Å². The Balaban J connectivity index is 1.37. The molecule has 3 amide bonds. The number of carbonyl (C=O) groups excluding carboxylic acids is 3. The maximum atomic E-state index is 12.8. The van der Waals surface area contributed by atoms with Crippen molar-refractivity contribution in [2.45, 2.75) is 37.3 Å². The van der Waals surface area contributed by atoms with Gasteiger partial charge < -0.3 is 19.6 Å². The third kappa shape index (κ3) is 5.38. The molecule has 4 rings (SSSR count). The van der Waals surface area contributed by atoms with Gasteiger partial charge in [-0.2, -0.15) is 0 Å². The lowest BCUT2D eigenvalue weighted by Crippen LogP contribution is -2.50. The summed E-state index contributed by atoms with van der Waals surface area (Å²) in [4.78, 5) is 39.6. The van der Waals surface area contributed by atoms with Crippen LogP contribution in [0.4, 0.5) is 9.59 Å². The average Bonchev–Trinajstić information content (AvgIpc) is 3.54. The first-order chi connectivity index (χ1) is 17.9. The number of sulfone groups is 1. The molecule has 1 unspecified atom stereocenters. The van der Waals surface area contributed by atoms with E-state index in [4.69, 9.17) is 15.1 Å². The Hall–Kier alpha value is -3.86. The number of fused-ring (bicyclic) bond motifs is 1. The van der Waals surface area contributed by atoms with E-state index < -0.39 is 32.7 Å². The van der Waals surface area contributed by atoms with Gasteiger partial charge in [-0.15, -0.1) is 0 Å². The van der Waals surface area contributed by atoms with Gasteiger partial charge in [0.15, 0.2) is 14.6 Å². The van der Waals surface area contributed by atoms with Crippen LogP contribution in [0.25, 0.3) is 0 Å². The Morgan fingerprint density at radius 3 is 2.45 bits per heavy atom. The van der Waals surface area contributed by atoms with Gasteiger partial charge in [0.2, 0.25) is 0 Å². The molecule has 1 saturated heterocycles. The summed E-state index contributed by atoms with van der Waals surface area (Å²) < 4.78 is 28.9. The Morgan fingerprint density at radius 1 is 1.18 bits per heavy atom. The van der Waals surface area contributed by atoms with Crippen molar-refractivity contribution in [1.29, 1.82) is 0 Å². The monoisotopic (exact) mass is 544 g/mol. The molecule has 0 spiro atoms. The number of hydrogen-bond acceptors (Lipinski definition) is 8. The van der Waals surface area contributed by atoms with Crippen LogP contribution in [0.5, 0.6) is 0 Å². The highest BCUT2D eigenvalue weighted by atomic mass is 32.2. The number of nitrogens with zero attached hydrogens (tertiary/aromatic N) is 3. The van der Waals surface area contributed by atoms with E-state index in [-0.39, 0.29) is 32.1 Å². The topological polar surface area (TPSA) is 158 Å². The number of aromatic nitrogens is 1. The molecule has 3 N–H and O–H groups in total. The van der Waals surface area contributed by atoms with E-state index in [2.05, 4.69) is 11.8 Å². The van der Waals surface area contributed by atoms with Crippen LogP contribution in [0, 0.1) is 11.8 Å². The first-order valence-corrected chi connectivity index (χ1v) is 13.7. The van der Waals surface area contributed by atoms with Crippen LogP contribution in [-0.2, 0) is 32.5 Å². The molecule has 2 aliphatic rings. The Bertz CT molecular complexity index is 1420. The first-order valence-electron chi connectivity index (χ1n) is 11.8. The van der Waals surface area contributed by atoms with Gasteiger partial charge in [-0.05, 0) is 37.1 Å². The molecule has 1 aromatic heterocycles. The third-order valence-corrected chi connectivity index (χ3v) is 8.85. The second-order valence-electron chi connectivity index (χ2n) is 9.50. The van der Waals surface area contributed by atoms with E-state index in [0.29, 0.717) is 24.3 Å². The molecule has 0 bridgehead atoms. The first kappa shape index (κ1) is 27.2. The standard InChI is InChI=1S/C25H28N4O8S/c1-25(22(31)26-34,38(2,35)36)9-10-27-14-20-11-19(13-29(20)23(27)32)8-5-17-3-6-18(7-4-17)12-28-15-21(16-30)37-24(28)33/h3-4,6-7,11,13,21,30,34H,9-10,12,14-16H2,1-2H3,(H,26,31)/t21?,25-/m1/s1. The predicted octanol–water partition coefficient (Wildman–Crippen LogP) is 0.684. The molecule has 38 heavy (non-hydrogen) atoms. The number of ether oxygens (including phenoxy) is 1. The summed E-state index contributed by atoms with van der Waals surface area (Å²) in [6.45, 7) is 1.92. The number of hydrogen-bond donors (Lipinski definition) is 3. The highest BCUT2D eigenvalue weighted by Crippen LogP contribution is 2.25. The number of carbonyl (C=O) groups is 3. The predicted molar refractivity (Wildman–Crippen MR) is 134 cm³/mol. The van der Waals surface area contributed by atoms with Gasteiger partial charge in [-0.3, -0.25) is 14.6 Å². The quantitative estimate of drug-likeness (QED) is 0.249. The van der Waals surface area contributed by atoms with Gasteiger partial charge in [0.25, 0.3) is 5.91 Å².